The predicted molar refractivity (Wildman–Crippen MR) is 55.7 cm³/mol. The van der Waals surface area contributed by atoms with Crippen LogP contribution in [0.4, 0.5) is 5.82 Å². The van der Waals surface area contributed by atoms with Gasteiger partial charge in [0.2, 0.25) is 5.91 Å². The monoisotopic (exact) mass is 238 g/mol. The predicted octanol–water partition coefficient (Wildman–Crippen LogP) is 0.360. The number of carbonyl (C=O) groups is 1. The van der Waals surface area contributed by atoms with Gasteiger partial charge in [0.1, 0.15) is 6.54 Å². The number of hydrogen-bond donors (Lipinski definition) is 1. The third-order valence-corrected chi connectivity index (χ3v) is 1.97. The molecule has 0 saturated heterocycles. The van der Waals surface area contributed by atoms with Crippen LogP contribution in [-0.2, 0) is 11.3 Å². The Morgan fingerprint density at radius 3 is 2.88 bits per heavy atom. The lowest BCUT2D eigenvalue weighted by atomic mass is 10.5. The summed E-state index contributed by atoms with van der Waals surface area (Å²) < 4.78 is 1.39. The van der Waals surface area contributed by atoms with Crippen molar-refractivity contribution in [1.29, 1.82) is 0 Å². The summed E-state index contributed by atoms with van der Waals surface area (Å²) in [6.07, 6.45) is 5.95. The van der Waals surface area contributed by atoms with Gasteiger partial charge in [-0.1, -0.05) is 16.8 Å². The van der Waals surface area contributed by atoms with Crippen LogP contribution in [0.1, 0.15) is 0 Å². The minimum absolute atomic E-state index is 0.0485. The minimum Gasteiger partial charge on any atom is -0.306 e. The third-order valence-electron chi connectivity index (χ3n) is 1.69. The molecule has 2 aromatic rings. The topological polar surface area (TPSA) is 85.6 Å². The summed E-state index contributed by atoms with van der Waals surface area (Å²) in [5.41, 5.74) is 0. The van der Waals surface area contributed by atoms with Crippen LogP contribution in [0, 0.1) is 0 Å². The summed E-state index contributed by atoms with van der Waals surface area (Å²) in [6, 6.07) is 0. The summed E-state index contributed by atoms with van der Waals surface area (Å²) >= 11 is 5.73. The first-order chi connectivity index (χ1) is 7.75. The zero-order valence-electron chi connectivity index (χ0n) is 8.04. The Labute approximate surface area is 95.5 Å². The second-order valence-corrected chi connectivity index (χ2v) is 3.20. The normalized spacial score (nSPS) is 10.1. The van der Waals surface area contributed by atoms with Crippen LogP contribution in [0.25, 0.3) is 0 Å². The molecule has 0 bridgehead atoms. The number of halogens is 1. The van der Waals surface area contributed by atoms with Crippen molar-refractivity contribution in [2.75, 3.05) is 5.32 Å². The van der Waals surface area contributed by atoms with Crippen molar-refractivity contribution in [2.45, 2.75) is 6.54 Å². The quantitative estimate of drug-likeness (QED) is 0.835. The molecular weight excluding hydrogens is 232 g/mol. The molecule has 0 saturated carbocycles. The van der Waals surface area contributed by atoms with Gasteiger partial charge in [-0.05, 0) is 0 Å². The van der Waals surface area contributed by atoms with Gasteiger partial charge in [-0.2, -0.15) is 0 Å². The van der Waals surface area contributed by atoms with E-state index in [2.05, 4.69) is 25.6 Å². The smallest absolute Gasteiger partial charge is 0.247 e. The number of anilines is 1. The molecule has 0 unspecified atom stereocenters. The molecule has 0 aromatic carbocycles. The molecule has 0 aliphatic carbocycles. The SMILES string of the molecule is O=C(Cn1ccnn1)Nc1nccnc1Cl. The Bertz CT molecular complexity index is 485. The molecule has 2 rings (SSSR count). The molecule has 2 aromatic heterocycles. The number of hydrogen-bond acceptors (Lipinski definition) is 5. The van der Waals surface area contributed by atoms with Gasteiger partial charge in [-0.25, -0.2) is 14.6 Å². The average molecular weight is 239 g/mol. The molecule has 1 amide bonds. The maximum Gasteiger partial charge on any atom is 0.247 e. The Morgan fingerprint density at radius 2 is 2.19 bits per heavy atom. The fourth-order valence-corrected chi connectivity index (χ4v) is 1.19. The molecule has 7 nitrogen and oxygen atoms in total. The Hall–Kier alpha value is -2.02. The van der Waals surface area contributed by atoms with Crippen molar-refractivity contribution < 1.29 is 4.79 Å². The van der Waals surface area contributed by atoms with Gasteiger partial charge in [0.05, 0.1) is 6.20 Å². The highest BCUT2D eigenvalue weighted by molar-refractivity contribution is 6.32. The highest BCUT2D eigenvalue weighted by Gasteiger charge is 2.08. The van der Waals surface area contributed by atoms with E-state index in [-0.39, 0.29) is 23.4 Å². The molecule has 0 radical (unpaired) electrons. The van der Waals surface area contributed by atoms with Gasteiger partial charge < -0.3 is 5.32 Å². The molecule has 2 heterocycles. The third kappa shape index (κ3) is 2.51. The highest BCUT2D eigenvalue weighted by Crippen LogP contribution is 2.13. The summed E-state index contributed by atoms with van der Waals surface area (Å²) in [4.78, 5) is 19.2. The number of nitrogens with zero attached hydrogens (tertiary/aromatic N) is 5. The lowest BCUT2D eigenvalue weighted by Gasteiger charge is -2.04. The second-order valence-electron chi connectivity index (χ2n) is 2.84. The molecule has 0 aliphatic rings. The van der Waals surface area contributed by atoms with Gasteiger partial charge in [-0.15, -0.1) is 5.10 Å². The molecule has 82 valence electrons. The average Bonchev–Trinajstić information content (AvgIpc) is 2.74. The number of rotatable bonds is 3. The van der Waals surface area contributed by atoms with Crippen molar-refractivity contribution in [3.05, 3.63) is 29.9 Å². The van der Waals surface area contributed by atoms with Gasteiger partial charge in [-0.3, -0.25) is 4.79 Å². The van der Waals surface area contributed by atoms with Crippen LogP contribution in [0.5, 0.6) is 0 Å². The minimum atomic E-state index is -0.298. The van der Waals surface area contributed by atoms with E-state index < -0.39 is 0 Å². The number of nitrogens with one attached hydrogen (secondary N) is 1. The van der Waals surface area contributed by atoms with Crippen molar-refractivity contribution in [3.63, 3.8) is 0 Å². The van der Waals surface area contributed by atoms with Gasteiger partial charge in [0.25, 0.3) is 0 Å². The number of amides is 1. The Balaban J connectivity index is 2.00. The van der Waals surface area contributed by atoms with Gasteiger partial charge in [0.15, 0.2) is 11.0 Å². The Kier molecular flexibility index (Phi) is 3.06. The molecular formula is C8H7ClN6O. The molecule has 0 spiro atoms. The first-order valence-corrected chi connectivity index (χ1v) is 4.74. The lowest BCUT2D eigenvalue weighted by molar-refractivity contribution is -0.116. The van der Waals surface area contributed by atoms with Crippen LogP contribution in [-0.4, -0.2) is 30.9 Å². The van der Waals surface area contributed by atoms with E-state index in [1.165, 1.54) is 23.3 Å². The van der Waals surface area contributed by atoms with E-state index in [1.54, 1.807) is 6.20 Å². The van der Waals surface area contributed by atoms with E-state index in [4.69, 9.17) is 11.6 Å². The van der Waals surface area contributed by atoms with Crippen molar-refractivity contribution in [1.82, 2.24) is 25.0 Å². The largest absolute Gasteiger partial charge is 0.306 e. The van der Waals surface area contributed by atoms with Crippen LogP contribution in [0.3, 0.4) is 0 Å². The van der Waals surface area contributed by atoms with Crippen molar-refractivity contribution in [3.8, 4) is 0 Å². The fraction of sp³-hybridized carbons (Fsp3) is 0.125. The number of aromatic nitrogens is 5. The lowest BCUT2D eigenvalue weighted by Crippen LogP contribution is -2.20. The first-order valence-electron chi connectivity index (χ1n) is 4.36. The van der Waals surface area contributed by atoms with Crippen LogP contribution < -0.4 is 5.32 Å². The maximum atomic E-state index is 11.5. The van der Waals surface area contributed by atoms with Crippen LogP contribution in [0.2, 0.25) is 5.15 Å². The van der Waals surface area contributed by atoms with Crippen LogP contribution >= 0.6 is 11.6 Å². The van der Waals surface area contributed by atoms with E-state index >= 15 is 0 Å². The standard InChI is InChI=1S/C8H7ClN6O/c9-7-8(11-2-1-10-7)13-6(16)5-15-4-3-12-14-15/h1-4H,5H2,(H,11,13,16). The van der Waals surface area contributed by atoms with E-state index in [0.29, 0.717) is 0 Å². The zero-order chi connectivity index (χ0) is 11.4. The van der Waals surface area contributed by atoms with Gasteiger partial charge in [0, 0.05) is 18.6 Å². The van der Waals surface area contributed by atoms with E-state index in [1.807, 2.05) is 0 Å². The molecule has 0 atom stereocenters. The highest BCUT2D eigenvalue weighted by atomic mass is 35.5. The van der Waals surface area contributed by atoms with Gasteiger partial charge >= 0.3 is 0 Å². The summed E-state index contributed by atoms with van der Waals surface area (Å²) in [7, 11) is 0. The molecule has 16 heavy (non-hydrogen) atoms. The molecule has 0 fully saturated rings. The molecule has 0 aliphatic heterocycles. The van der Waals surface area contributed by atoms with Crippen molar-refractivity contribution >= 4 is 23.3 Å². The summed E-state index contributed by atoms with van der Waals surface area (Å²) in [5, 5.41) is 9.90. The summed E-state index contributed by atoms with van der Waals surface area (Å²) in [6.45, 7) is 0.0485. The molecule has 1 N–H and O–H groups in total. The van der Waals surface area contributed by atoms with Crippen LogP contribution in [0.15, 0.2) is 24.8 Å². The summed E-state index contributed by atoms with van der Waals surface area (Å²) in [5.74, 6) is -0.0674. The second kappa shape index (κ2) is 4.67. The van der Waals surface area contributed by atoms with Crippen molar-refractivity contribution in [2.24, 2.45) is 0 Å². The molecule has 8 heteroatoms. The first kappa shape index (κ1) is 10.5. The zero-order valence-corrected chi connectivity index (χ0v) is 8.79. The Morgan fingerprint density at radius 1 is 1.38 bits per heavy atom. The van der Waals surface area contributed by atoms with E-state index in [9.17, 15) is 4.79 Å². The fourth-order valence-electron chi connectivity index (χ4n) is 1.04. The maximum absolute atomic E-state index is 11.5. The number of carbonyl (C=O) groups excluding carboxylic acids is 1. The van der Waals surface area contributed by atoms with E-state index in [0.717, 1.165) is 0 Å².